The molecule has 0 unspecified atom stereocenters. The quantitative estimate of drug-likeness (QED) is 0.780. The third kappa shape index (κ3) is 4.05. The van der Waals surface area contributed by atoms with Gasteiger partial charge in [-0.2, -0.15) is 4.31 Å². The maximum Gasteiger partial charge on any atom is 0.243 e. The summed E-state index contributed by atoms with van der Waals surface area (Å²) in [6.45, 7) is 4.27. The van der Waals surface area contributed by atoms with Crippen molar-refractivity contribution in [3.63, 3.8) is 0 Å². The van der Waals surface area contributed by atoms with Crippen LogP contribution >= 0.6 is 0 Å². The lowest BCUT2D eigenvalue weighted by Gasteiger charge is -2.35. The molecule has 2 heterocycles. The summed E-state index contributed by atoms with van der Waals surface area (Å²) in [6, 6.07) is 5.60. The van der Waals surface area contributed by atoms with Crippen LogP contribution in [0.25, 0.3) is 0 Å². The van der Waals surface area contributed by atoms with Crippen LogP contribution in [-0.2, 0) is 27.7 Å². The van der Waals surface area contributed by atoms with E-state index in [1.165, 1.54) is 17.5 Å². The summed E-state index contributed by atoms with van der Waals surface area (Å²) in [4.78, 5) is 16.9. The van der Waals surface area contributed by atoms with Gasteiger partial charge in [0.2, 0.25) is 15.9 Å². The van der Waals surface area contributed by atoms with Crippen molar-refractivity contribution in [2.45, 2.75) is 43.4 Å². The van der Waals surface area contributed by atoms with Crippen molar-refractivity contribution in [1.82, 2.24) is 14.1 Å². The van der Waals surface area contributed by atoms with Crippen molar-refractivity contribution < 1.29 is 13.2 Å². The SMILES string of the molecule is O=C(CN1CCN(S(=O)(=O)c2ccc3c(c2)CCC3)CC1)N1CCCCC1. The molecule has 0 radical (unpaired) electrons. The van der Waals surface area contributed by atoms with E-state index in [9.17, 15) is 13.2 Å². The minimum Gasteiger partial charge on any atom is -0.342 e. The maximum atomic E-state index is 13.0. The summed E-state index contributed by atoms with van der Waals surface area (Å²) in [5.41, 5.74) is 2.47. The van der Waals surface area contributed by atoms with E-state index in [0.717, 1.165) is 45.2 Å². The first-order chi connectivity index (χ1) is 13.0. The summed E-state index contributed by atoms with van der Waals surface area (Å²) < 4.78 is 27.6. The number of hydrogen-bond acceptors (Lipinski definition) is 4. The summed E-state index contributed by atoms with van der Waals surface area (Å²) in [7, 11) is -3.44. The second-order valence-corrected chi connectivity index (χ2v) is 9.84. The lowest BCUT2D eigenvalue weighted by molar-refractivity contribution is -0.133. The summed E-state index contributed by atoms with van der Waals surface area (Å²) in [5, 5.41) is 0. The van der Waals surface area contributed by atoms with Gasteiger partial charge in [-0.25, -0.2) is 8.42 Å². The fourth-order valence-electron chi connectivity index (χ4n) is 4.42. The highest BCUT2D eigenvalue weighted by atomic mass is 32.2. The van der Waals surface area contributed by atoms with E-state index in [4.69, 9.17) is 0 Å². The van der Waals surface area contributed by atoms with E-state index in [1.54, 1.807) is 10.4 Å². The Kier molecular flexibility index (Phi) is 5.53. The minimum atomic E-state index is -3.44. The van der Waals surface area contributed by atoms with Crippen LogP contribution < -0.4 is 0 Å². The average molecular weight is 392 g/mol. The zero-order valence-electron chi connectivity index (χ0n) is 15.9. The van der Waals surface area contributed by atoms with E-state index in [2.05, 4.69) is 4.90 Å². The highest BCUT2D eigenvalue weighted by molar-refractivity contribution is 7.89. The van der Waals surface area contributed by atoms with Crippen LogP contribution in [-0.4, -0.2) is 74.2 Å². The van der Waals surface area contributed by atoms with E-state index < -0.39 is 10.0 Å². The van der Waals surface area contributed by atoms with Crippen molar-refractivity contribution in [1.29, 1.82) is 0 Å². The van der Waals surface area contributed by atoms with Crippen LogP contribution in [0.5, 0.6) is 0 Å². The standard InChI is InChI=1S/C20H29N3O3S/c24-20(22-9-2-1-3-10-22)16-21-11-13-23(14-12-21)27(25,26)19-8-7-17-5-4-6-18(17)15-19/h7-8,15H,1-6,9-14,16H2. The molecule has 1 aromatic carbocycles. The zero-order valence-corrected chi connectivity index (χ0v) is 16.7. The Morgan fingerprint density at radius 1 is 0.852 bits per heavy atom. The van der Waals surface area contributed by atoms with Gasteiger partial charge in [-0.1, -0.05) is 6.07 Å². The fraction of sp³-hybridized carbons (Fsp3) is 0.650. The molecule has 2 saturated heterocycles. The molecule has 6 nitrogen and oxygen atoms in total. The lowest BCUT2D eigenvalue weighted by Crippen LogP contribution is -2.51. The van der Waals surface area contributed by atoms with E-state index in [1.807, 2.05) is 17.0 Å². The van der Waals surface area contributed by atoms with Crippen LogP contribution in [0.4, 0.5) is 0 Å². The Hall–Kier alpha value is -1.44. The van der Waals surface area contributed by atoms with Gasteiger partial charge in [0.1, 0.15) is 0 Å². The van der Waals surface area contributed by atoms with Crippen LogP contribution in [0, 0.1) is 0 Å². The molecule has 0 aromatic heterocycles. The van der Waals surface area contributed by atoms with Crippen molar-refractivity contribution in [3.05, 3.63) is 29.3 Å². The molecule has 7 heteroatoms. The topological polar surface area (TPSA) is 60.9 Å². The molecule has 0 atom stereocenters. The Labute approximate surface area is 162 Å². The molecule has 0 bridgehead atoms. The van der Waals surface area contributed by atoms with E-state index in [-0.39, 0.29) is 5.91 Å². The molecule has 0 spiro atoms. The Morgan fingerprint density at radius 2 is 1.56 bits per heavy atom. The smallest absolute Gasteiger partial charge is 0.243 e. The van der Waals surface area contributed by atoms with Gasteiger partial charge in [0.05, 0.1) is 11.4 Å². The van der Waals surface area contributed by atoms with Crippen molar-refractivity contribution in [3.8, 4) is 0 Å². The second-order valence-electron chi connectivity index (χ2n) is 7.91. The number of piperazine rings is 1. The van der Waals surface area contributed by atoms with Gasteiger partial charge in [-0.3, -0.25) is 9.69 Å². The molecule has 1 aromatic rings. The van der Waals surface area contributed by atoms with Crippen LogP contribution in [0.15, 0.2) is 23.1 Å². The van der Waals surface area contributed by atoms with Gasteiger partial charge in [-0.15, -0.1) is 0 Å². The van der Waals surface area contributed by atoms with Gasteiger partial charge in [0, 0.05) is 39.3 Å². The summed E-state index contributed by atoms with van der Waals surface area (Å²) in [5.74, 6) is 0.185. The molecular weight excluding hydrogens is 362 g/mol. The number of rotatable bonds is 4. The predicted molar refractivity (Wildman–Crippen MR) is 104 cm³/mol. The molecule has 148 valence electrons. The molecule has 2 fully saturated rings. The number of sulfonamides is 1. The Morgan fingerprint density at radius 3 is 2.30 bits per heavy atom. The molecule has 0 saturated carbocycles. The molecule has 0 N–H and O–H groups in total. The van der Waals surface area contributed by atoms with Crippen LogP contribution in [0.3, 0.4) is 0 Å². The predicted octanol–water partition coefficient (Wildman–Crippen LogP) is 1.49. The Balaban J connectivity index is 1.35. The van der Waals surface area contributed by atoms with Crippen LogP contribution in [0.2, 0.25) is 0 Å². The number of amides is 1. The molecule has 4 rings (SSSR count). The first-order valence-corrected chi connectivity index (χ1v) is 11.6. The number of likely N-dealkylation sites (tertiary alicyclic amines) is 1. The highest BCUT2D eigenvalue weighted by Gasteiger charge is 2.30. The lowest BCUT2D eigenvalue weighted by atomic mass is 10.1. The Bertz CT molecular complexity index is 795. The molecule has 27 heavy (non-hydrogen) atoms. The molecule has 3 aliphatic rings. The highest BCUT2D eigenvalue weighted by Crippen LogP contribution is 2.26. The number of benzene rings is 1. The van der Waals surface area contributed by atoms with Gasteiger partial charge in [0.25, 0.3) is 0 Å². The fourth-order valence-corrected chi connectivity index (χ4v) is 5.89. The van der Waals surface area contributed by atoms with Crippen molar-refractivity contribution >= 4 is 15.9 Å². The van der Waals surface area contributed by atoms with Crippen LogP contribution in [0.1, 0.15) is 36.8 Å². The maximum absolute atomic E-state index is 13.0. The largest absolute Gasteiger partial charge is 0.342 e. The second kappa shape index (κ2) is 7.89. The van der Waals surface area contributed by atoms with Gasteiger partial charge in [-0.05, 0) is 61.8 Å². The number of piperidine rings is 1. The number of carbonyl (C=O) groups excluding carboxylic acids is 1. The number of nitrogens with zero attached hydrogens (tertiary/aromatic N) is 3. The van der Waals surface area contributed by atoms with Gasteiger partial charge < -0.3 is 4.90 Å². The molecule has 1 aliphatic carbocycles. The average Bonchev–Trinajstić information content (AvgIpc) is 3.17. The molecular formula is C20H29N3O3S. The number of aryl methyl sites for hydroxylation is 2. The first-order valence-electron chi connectivity index (χ1n) is 10.2. The number of hydrogen-bond donors (Lipinski definition) is 0. The number of fused-ring (bicyclic) bond motifs is 1. The zero-order chi connectivity index (χ0) is 18.9. The first kappa shape index (κ1) is 18.9. The summed E-state index contributed by atoms with van der Waals surface area (Å²) in [6.07, 6.45) is 6.55. The minimum absolute atomic E-state index is 0.185. The third-order valence-electron chi connectivity index (χ3n) is 6.11. The van der Waals surface area contributed by atoms with Crippen molar-refractivity contribution in [2.24, 2.45) is 0 Å². The van der Waals surface area contributed by atoms with Crippen molar-refractivity contribution in [2.75, 3.05) is 45.8 Å². The molecule has 1 amide bonds. The van der Waals surface area contributed by atoms with E-state index in [0.29, 0.717) is 37.6 Å². The normalized spacial score (nSPS) is 22.0. The van der Waals surface area contributed by atoms with E-state index >= 15 is 0 Å². The third-order valence-corrected chi connectivity index (χ3v) is 8.00. The van der Waals surface area contributed by atoms with Gasteiger partial charge in [0.15, 0.2) is 0 Å². The molecule has 2 aliphatic heterocycles. The number of carbonyl (C=O) groups is 1. The van der Waals surface area contributed by atoms with Gasteiger partial charge >= 0.3 is 0 Å². The monoisotopic (exact) mass is 391 g/mol. The summed E-state index contributed by atoms with van der Waals surface area (Å²) >= 11 is 0.